The first kappa shape index (κ1) is 25.9. The van der Waals surface area contributed by atoms with Crippen LogP contribution in [0.2, 0.25) is 0 Å². The Bertz CT molecular complexity index is 961. The number of aromatic hydroxyl groups is 1. The average Bonchev–Trinajstić information content (AvgIpc) is 3.51. The van der Waals surface area contributed by atoms with E-state index < -0.39 is 60.2 Å². The van der Waals surface area contributed by atoms with E-state index in [9.17, 15) is 39.3 Å². The largest absolute Gasteiger partial charge is 0.508 e. The molecular weight excluding hydrogens is 460 g/mol. The van der Waals surface area contributed by atoms with Crippen LogP contribution in [0.25, 0.3) is 0 Å². The number of carboxylic acids is 2. The monoisotopic (exact) mass is 490 g/mol. The van der Waals surface area contributed by atoms with Gasteiger partial charge in [-0.3, -0.25) is 19.2 Å². The van der Waals surface area contributed by atoms with Gasteiger partial charge in [0, 0.05) is 13.0 Å². The van der Waals surface area contributed by atoms with Gasteiger partial charge in [0.1, 0.15) is 23.9 Å². The van der Waals surface area contributed by atoms with Crippen LogP contribution >= 0.6 is 0 Å². The molecule has 12 nitrogen and oxygen atoms in total. The number of benzene rings is 1. The fourth-order valence-electron chi connectivity index (χ4n) is 4.39. The Morgan fingerprint density at radius 1 is 1.00 bits per heavy atom. The SMILES string of the molecule is O=C(O)CC(NC(=O)C(Cc1ccc(O)cc1)NC(=O)C1CCCN1)C(=O)N1CCCC1C(=O)O. The van der Waals surface area contributed by atoms with Gasteiger partial charge in [0.15, 0.2) is 0 Å². The summed E-state index contributed by atoms with van der Waals surface area (Å²) in [6.45, 7) is 0.811. The molecule has 6 N–H and O–H groups in total. The number of aliphatic carboxylic acids is 2. The molecule has 4 atom stereocenters. The number of carboxylic acid groups (broad SMARTS) is 2. The maximum Gasteiger partial charge on any atom is 0.326 e. The van der Waals surface area contributed by atoms with Crippen LogP contribution in [-0.4, -0.2) is 87.1 Å². The van der Waals surface area contributed by atoms with Gasteiger partial charge in [-0.05, 0) is 49.9 Å². The number of phenols is 1. The zero-order valence-electron chi connectivity index (χ0n) is 19.1. The molecule has 3 rings (SSSR count). The van der Waals surface area contributed by atoms with Crippen molar-refractivity contribution in [3.05, 3.63) is 29.8 Å². The summed E-state index contributed by atoms with van der Waals surface area (Å²) in [5, 5.41) is 36.4. The molecule has 3 amide bonds. The molecule has 0 spiro atoms. The van der Waals surface area contributed by atoms with E-state index in [1.165, 1.54) is 12.1 Å². The fourth-order valence-corrected chi connectivity index (χ4v) is 4.39. The highest BCUT2D eigenvalue weighted by Crippen LogP contribution is 2.19. The Balaban J connectivity index is 1.78. The zero-order chi connectivity index (χ0) is 25.5. The van der Waals surface area contributed by atoms with E-state index in [-0.39, 0.29) is 25.1 Å². The summed E-state index contributed by atoms with van der Waals surface area (Å²) in [7, 11) is 0. The first-order chi connectivity index (χ1) is 16.7. The molecule has 2 aliphatic rings. The normalized spacial score (nSPS) is 21.2. The molecule has 2 heterocycles. The number of nitrogens with one attached hydrogen (secondary N) is 3. The minimum atomic E-state index is -1.50. The smallest absolute Gasteiger partial charge is 0.326 e. The van der Waals surface area contributed by atoms with Crippen LogP contribution in [0, 0.1) is 0 Å². The number of likely N-dealkylation sites (tertiary alicyclic amines) is 1. The number of nitrogens with zero attached hydrogens (tertiary/aromatic N) is 1. The van der Waals surface area contributed by atoms with Gasteiger partial charge in [-0.1, -0.05) is 12.1 Å². The van der Waals surface area contributed by atoms with Crippen LogP contribution in [0.1, 0.15) is 37.7 Å². The predicted octanol–water partition coefficient (Wildman–Crippen LogP) is -0.793. The van der Waals surface area contributed by atoms with Crippen molar-refractivity contribution in [2.24, 2.45) is 0 Å². The van der Waals surface area contributed by atoms with E-state index in [1.807, 2.05) is 0 Å². The maximum absolute atomic E-state index is 13.2. The van der Waals surface area contributed by atoms with Gasteiger partial charge in [-0.25, -0.2) is 4.79 Å². The Kier molecular flexibility index (Phi) is 8.63. The van der Waals surface area contributed by atoms with E-state index in [1.54, 1.807) is 12.1 Å². The van der Waals surface area contributed by atoms with Crippen LogP contribution < -0.4 is 16.0 Å². The first-order valence-corrected chi connectivity index (χ1v) is 11.5. The topological polar surface area (TPSA) is 185 Å². The van der Waals surface area contributed by atoms with Crippen molar-refractivity contribution in [3.63, 3.8) is 0 Å². The number of carbonyl (C=O) groups is 5. The minimum absolute atomic E-state index is 0.0275. The van der Waals surface area contributed by atoms with Crippen molar-refractivity contribution in [1.29, 1.82) is 0 Å². The van der Waals surface area contributed by atoms with Crippen LogP contribution in [0.5, 0.6) is 5.75 Å². The summed E-state index contributed by atoms with van der Waals surface area (Å²) in [4.78, 5) is 63.0. The summed E-state index contributed by atoms with van der Waals surface area (Å²) in [5.41, 5.74) is 0.620. The molecule has 0 aliphatic carbocycles. The van der Waals surface area contributed by atoms with Crippen molar-refractivity contribution >= 4 is 29.7 Å². The molecule has 2 fully saturated rings. The van der Waals surface area contributed by atoms with E-state index in [2.05, 4.69) is 16.0 Å². The van der Waals surface area contributed by atoms with Crippen molar-refractivity contribution in [2.45, 2.75) is 62.7 Å². The van der Waals surface area contributed by atoms with Crippen molar-refractivity contribution in [3.8, 4) is 5.75 Å². The third-order valence-corrected chi connectivity index (χ3v) is 6.20. The molecule has 0 saturated carbocycles. The first-order valence-electron chi connectivity index (χ1n) is 11.5. The summed E-state index contributed by atoms with van der Waals surface area (Å²) in [6, 6.07) is 1.84. The number of carbonyl (C=O) groups excluding carboxylic acids is 3. The lowest BCUT2D eigenvalue weighted by atomic mass is 10.0. The Labute approximate surface area is 201 Å². The van der Waals surface area contributed by atoms with Gasteiger partial charge in [-0.15, -0.1) is 0 Å². The van der Waals surface area contributed by atoms with E-state index >= 15 is 0 Å². The summed E-state index contributed by atoms with van der Waals surface area (Å²) in [6.07, 6.45) is 1.39. The van der Waals surface area contributed by atoms with E-state index in [0.717, 1.165) is 11.3 Å². The maximum atomic E-state index is 13.2. The highest BCUT2D eigenvalue weighted by molar-refractivity contribution is 5.96. The molecule has 2 saturated heterocycles. The lowest BCUT2D eigenvalue weighted by molar-refractivity contribution is -0.150. The van der Waals surface area contributed by atoms with Gasteiger partial charge < -0.3 is 36.2 Å². The minimum Gasteiger partial charge on any atom is -0.508 e. The molecule has 0 radical (unpaired) electrons. The Morgan fingerprint density at radius 2 is 1.71 bits per heavy atom. The second-order valence-corrected chi connectivity index (χ2v) is 8.77. The summed E-state index contributed by atoms with van der Waals surface area (Å²) < 4.78 is 0. The van der Waals surface area contributed by atoms with E-state index in [0.29, 0.717) is 24.9 Å². The molecule has 0 bridgehead atoms. The number of amides is 3. The van der Waals surface area contributed by atoms with Crippen LogP contribution in [0.3, 0.4) is 0 Å². The second-order valence-electron chi connectivity index (χ2n) is 8.77. The number of hydrogen-bond acceptors (Lipinski definition) is 7. The van der Waals surface area contributed by atoms with Crippen LogP contribution in [-0.2, 0) is 30.4 Å². The molecule has 4 unspecified atom stereocenters. The zero-order valence-corrected chi connectivity index (χ0v) is 19.1. The molecule has 12 heteroatoms. The van der Waals surface area contributed by atoms with Gasteiger partial charge in [-0.2, -0.15) is 0 Å². The quantitative estimate of drug-likeness (QED) is 0.244. The number of phenolic OH excluding ortho intramolecular Hbond substituents is 1. The van der Waals surface area contributed by atoms with Gasteiger partial charge >= 0.3 is 11.9 Å². The third kappa shape index (κ3) is 6.92. The lowest BCUT2D eigenvalue weighted by Crippen LogP contribution is -2.58. The lowest BCUT2D eigenvalue weighted by Gasteiger charge is -2.28. The van der Waals surface area contributed by atoms with Gasteiger partial charge in [0.2, 0.25) is 17.7 Å². The van der Waals surface area contributed by atoms with Gasteiger partial charge in [0.05, 0.1) is 12.5 Å². The molecule has 2 aliphatic heterocycles. The average molecular weight is 491 g/mol. The van der Waals surface area contributed by atoms with Crippen molar-refractivity contribution in [2.75, 3.05) is 13.1 Å². The van der Waals surface area contributed by atoms with Gasteiger partial charge in [0.25, 0.3) is 0 Å². The summed E-state index contributed by atoms with van der Waals surface area (Å²) in [5.74, 6) is -4.47. The molecule has 0 aromatic heterocycles. The number of rotatable bonds is 10. The molecule has 35 heavy (non-hydrogen) atoms. The van der Waals surface area contributed by atoms with Crippen molar-refractivity contribution < 1.29 is 39.3 Å². The summed E-state index contributed by atoms with van der Waals surface area (Å²) >= 11 is 0. The molecule has 1 aromatic rings. The number of hydrogen-bond donors (Lipinski definition) is 6. The van der Waals surface area contributed by atoms with Crippen molar-refractivity contribution in [1.82, 2.24) is 20.9 Å². The second kappa shape index (κ2) is 11.6. The predicted molar refractivity (Wildman–Crippen MR) is 121 cm³/mol. The molecule has 190 valence electrons. The fraction of sp³-hybridized carbons (Fsp3) is 0.522. The van der Waals surface area contributed by atoms with E-state index in [4.69, 9.17) is 0 Å². The highest BCUT2D eigenvalue weighted by atomic mass is 16.4. The molecule has 1 aromatic carbocycles. The third-order valence-electron chi connectivity index (χ3n) is 6.20. The Morgan fingerprint density at radius 3 is 2.31 bits per heavy atom. The standard InChI is InChI=1S/C23H30N4O8/c28-14-7-5-13(6-8-14)11-16(25-20(31)15-3-1-9-24-15)21(32)26-17(12-19(29)30)22(33)27-10-2-4-18(27)23(34)35/h5-8,15-18,24,28H,1-4,9-12H2,(H,25,31)(H,26,32)(H,29,30)(H,34,35). The highest BCUT2D eigenvalue weighted by Gasteiger charge is 2.39. The molecular formula is C23H30N4O8. The Hall–Kier alpha value is -3.67. The van der Waals surface area contributed by atoms with Crippen LogP contribution in [0.4, 0.5) is 0 Å². The van der Waals surface area contributed by atoms with Crippen LogP contribution in [0.15, 0.2) is 24.3 Å².